The molecule has 3 aromatic rings. The van der Waals surface area contributed by atoms with Gasteiger partial charge in [0.15, 0.2) is 5.69 Å². The van der Waals surface area contributed by atoms with E-state index in [1.165, 1.54) is 0 Å². The average Bonchev–Trinajstić information content (AvgIpc) is 2.51. The minimum atomic E-state index is 0.380. The first kappa shape index (κ1) is 13.0. The Balaban J connectivity index is 2.00. The zero-order chi connectivity index (χ0) is 14.7. The van der Waals surface area contributed by atoms with Crippen molar-refractivity contribution in [3.63, 3.8) is 0 Å². The predicted molar refractivity (Wildman–Crippen MR) is 78.7 cm³/mol. The van der Waals surface area contributed by atoms with Crippen LogP contribution in [0.4, 0.5) is 5.69 Å². The second-order valence-corrected chi connectivity index (χ2v) is 4.43. The molecule has 6 heteroatoms. The van der Waals surface area contributed by atoms with Crippen molar-refractivity contribution in [2.75, 3.05) is 5.73 Å². The van der Waals surface area contributed by atoms with Crippen molar-refractivity contribution in [2.24, 2.45) is 0 Å². The Bertz CT molecular complexity index is 761. The van der Waals surface area contributed by atoms with E-state index in [2.05, 4.69) is 19.9 Å². The van der Waals surface area contributed by atoms with Crippen molar-refractivity contribution in [3.05, 3.63) is 54.7 Å². The minimum absolute atomic E-state index is 0.380. The number of hydrogen-bond donors (Lipinski definition) is 1. The summed E-state index contributed by atoms with van der Waals surface area (Å²) in [7, 11) is 0. The molecule has 0 aliphatic carbocycles. The number of nitrogens with two attached hydrogens (primary N) is 1. The number of ether oxygens (including phenoxy) is 1. The number of nitrogen functional groups attached to an aromatic ring is 1. The minimum Gasteiger partial charge on any atom is -0.437 e. The molecule has 0 aliphatic rings. The summed E-state index contributed by atoms with van der Waals surface area (Å²) < 4.78 is 5.85. The van der Waals surface area contributed by atoms with E-state index in [-0.39, 0.29) is 0 Å². The Morgan fingerprint density at radius 1 is 1.00 bits per heavy atom. The van der Waals surface area contributed by atoms with E-state index in [9.17, 15) is 0 Å². The van der Waals surface area contributed by atoms with E-state index < -0.39 is 0 Å². The summed E-state index contributed by atoms with van der Waals surface area (Å²) in [6, 6.07) is 5.42. The molecule has 0 saturated heterocycles. The number of hydrogen-bond acceptors (Lipinski definition) is 6. The molecule has 0 amide bonds. The molecule has 0 bridgehead atoms. The zero-order valence-corrected chi connectivity index (χ0v) is 11.4. The monoisotopic (exact) mass is 279 g/mol. The summed E-state index contributed by atoms with van der Waals surface area (Å²) in [5, 5.41) is 0. The first-order chi connectivity index (χ1) is 10.2. The Hall–Kier alpha value is -3.02. The van der Waals surface area contributed by atoms with Crippen LogP contribution in [0.5, 0.6) is 11.6 Å². The molecule has 0 spiro atoms. The van der Waals surface area contributed by atoms with Gasteiger partial charge in [-0.3, -0.25) is 9.97 Å². The number of nitrogens with zero attached hydrogens (tertiary/aromatic N) is 4. The summed E-state index contributed by atoms with van der Waals surface area (Å²) in [6.45, 7) is 1.92. The molecule has 104 valence electrons. The van der Waals surface area contributed by atoms with Gasteiger partial charge in [0.05, 0.1) is 6.20 Å². The van der Waals surface area contributed by atoms with Gasteiger partial charge in [-0.1, -0.05) is 0 Å². The van der Waals surface area contributed by atoms with Gasteiger partial charge in [0.25, 0.3) is 0 Å². The Morgan fingerprint density at radius 2 is 1.81 bits per heavy atom. The summed E-state index contributed by atoms with van der Waals surface area (Å²) in [4.78, 5) is 16.8. The lowest BCUT2D eigenvalue weighted by molar-refractivity contribution is 0.459. The van der Waals surface area contributed by atoms with Crippen molar-refractivity contribution in [1.29, 1.82) is 0 Å². The number of benzene rings is 1. The SMILES string of the molecule is Cc1cc(N)ccc1Oc1nccnc1-c1cnccn1. The molecule has 2 N–H and O–H groups in total. The maximum absolute atomic E-state index is 5.85. The molecular formula is C15H13N5O. The smallest absolute Gasteiger partial charge is 0.247 e. The van der Waals surface area contributed by atoms with E-state index in [0.29, 0.717) is 28.7 Å². The number of anilines is 1. The Labute approximate surface area is 121 Å². The molecule has 0 unspecified atom stereocenters. The molecule has 21 heavy (non-hydrogen) atoms. The van der Waals surface area contributed by atoms with Gasteiger partial charge in [-0.05, 0) is 30.7 Å². The van der Waals surface area contributed by atoms with Crippen LogP contribution in [0.15, 0.2) is 49.2 Å². The van der Waals surface area contributed by atoms with E-state index in [1.807, 2.05) is 13.0 Å². The molecule has 0 saturated carbocycles. The third-order valence-corrected chi connectivity index (χ3v) is 2.88. The van der Waals surface area contributed by atoms with Crippen molar-refractivity contribution >= 4 is 5.69 Å². The van der Waals surface area contributed by atoms with Gasteiger partial charge in [0.1, 0.15) is 11.4 Å². The van der Waals surface area contributed by atoms with E-state index >= 15 is 0 Å². The fraction of sp³-hybridized carbons (Fsp3) is 0.0667. The normalized spacial score (nSPS) is 10.3. The van der Waals surface area contributed by atoms with Gasteiger partial charge in [-0.15, -0.1) is 0 Å². The quantitative estimate of drug-likeness (QED) is 0.741. The van der Waals surface area contributed by atoms with Crippen molar-refractivity contribution < 1.29 is 4.74 Å². The Kier molecular flexibility index (Phi) is 3.42. The van der Waals surface area contributed by atoms with Crippen molar-refractivity contribution in [3.8, 4) is 23.0 Å². The van der Waals surface area contributed by atoms with Crippen LogP contribution >= 0.6 is 0 Å². The summed E-state index contributed by atoms with van der Waals surface area (Å²) in [5.74, 6) is 1.06. The summed E-state index contributed by atoms with van der Waals surface area (Å²) in [5.41, 5.74) is 8.50. The van der Waals surface area contributed by atoms with Crippen LogP contribution in [0, 0.1) is 6.92 Å². The molecule has 0 aliphatic heterocycles. The highest BCUT2D eigenvalue weighted by molar-refractivity contribution is 5.59. The van der Waals surface area contributed by atoms with Gasteiger partial charge in [0, 0.05) is 30.5 Å². The highest BCUT2D eigenvalue weighted by Gasteiger charge is 2.12. The van der Waals surface area contributed by atoms with E-state index in [1.54, 1.807) is 43.1 Å². The van der Waals surface area contributed by atoms with Gasteiger partial charge in [0.2, 0.25) is 5.88 Å². The fourth-order valence-corrected chi connectivity index (χ4v) is 1.89. The summed E-state index contributed by atoms with van der Waals surface area (Å²) >= 11 is 0. The highest BCUT2D eigenvalue weighted by Crippen LogP contribution is 2.30. The van der Waals surface area contributed by atoms with Crippen LogP contribution in [-0.4, -0.2) is 19.9 Å². The lowest BCUT2D eigenvalue weighted by Gasteiger charge is -2.10. The predicted octanol–water partition coefficient (Wildman–Crippen LogP) is 2.62. The summed E-state index contributed by atoms with van der Waals surface area (Å²) in [6.07, 6.45) is 7.98. The second-order valence-electron chi connectivity index (χ2n) is 4.43. The maximum Gasteiger partial charge on any atom is 0.247 e. The van der Waals surface area contributed by atoms with Gasteiger partial charge >= 0.3 is 0 Å². The largest absolute Gasteiger partial charge is 0.437 e. The lowest BCUT2D eigenvalue weighted by atomic mass is 10.2. The topological polar surface area (TPSA) is 86.8 Å². The molecule has 1 aromatic carbocycles. The lowest BCUT2D eigenvalue weighted by Crippen LogP contribution is -1.97. The van der Waals surface area contributed by atoms with Crippen LogP contribution < -0.4 is 10.5 Å². The molecule has 6 nitrogen and oxygen atoms in total. The molecule has 2 heterocycles. The van der Waals surface area contributed by atoms with Crippen LogP contribution in [-0.2, 0) is 0 Å². The number of aromatic nitrogens is 4. The number of aryl methyl sites for hydroxylation is 1. The van der Waals surface area contributed by atoms with Gasteiger partial charge < -0.3 is 10.5 Å². The zero-order valence-electron chi connectivity index (χ0n) is 11.4. The Morgan fingerprint density at radius 3 is 2.57 bits per heavy atom. The third kappa shape index (κ3) is 2.79. The maximum atomic E-state index is 5.85. The molecular weight excluding hydrogens is 266 g/mol. The van der Waals surface area contributed by atoms with E-state index in [0.717, 1.165) is 5.56 Å². The molecule has 0 atom stereocenters. The molecule has 0 radical (unpaired) electrons. The molecule has 0 fully saturated rings. The first-order valence-electron chi connectivity index (χ1n) is 6.35. The fourth-order valence-electron chi connectivity index (χ4n) is 1.89. The van der Waals surface area contributed by atoms with E-state index in [4.69, 9.17) is 10.5 Å². The van der Waals surface area contributed by atoms with Crippen molar-refractivity contribution in [1.82, 2.24) is 19.9 Å². The number of rotatable bonds is 3. The van der Waals surface area contributed by atoms with Crippen LogP contribution in [0.25, 0.3) is 11.4 Å². The van der Waals surface area contributed by atoms with Crippen LogP contribution in [0.1, 0.15) is 5.56 Å². The second kappa shape index (κ2) is 5.54. The van der Waals surface area contributed by atoms with Gasteiger partial charge in [-0.25, -0.2) is 9.97 Å². The standard InChI is InChI=1S/C15H13N5O/c1-10-8-11(16)2-3-13(10)21-15-14(19-6-7-20-15)12-9-17-4-5-18-12/h2-9H,16H2,1H3. The highest BCUT2D eigenvalue weighted by atomic mass is 16.5. The van der Waals surface area contributed by atoms with Crippen LogP contribution in [0.2, 0.25) is 0 Å². The third-order valence-electron chi connectivity index (χ3n) is 2.88. The molecule has 3 rings (SSSR count). The average molecular weight is 279 g/mol. The molecule has 2 aromatic heterocycles. The van der Waals surface area contributed by atoms with Gasteiger partial charge in [-0.2, -0.15) is 0 Å². The van der Waals surface area contributed by atoms with Crippen LogP contribution in [0.3, 0.4) is 0 Å². The van der Waals surface area contributed by atoms with Crippen molar-refractivity contribution in [2.45, 2.75) is 6.92 Å². The first-order valence-corrected chi connectivity index (χ1v) is 6.35.